The molecule has 1 N–H and O–H groups in total. The van der Waals surface area contributed by atoms with Gasteiger partial charge in [-0.05, 0) is 24.5 Å². The molecule has 0 aliphatic rings. The number of aliphatic imine (C=N–C) groups is 1. The summed E-state index contributed by atoms with van der Waals surface area (Å²) in [7, 11) is 4.40. The zero-order valence-electron chi connectivity index (χ0n) is 14.8. The van der Waals surface area contributed by atoms with Crippen LogP contribution >= 0.6 is 0 Å². The maximum atomic E-state index is 12.2. The molecule has 5 nitrogen and oxygen atoms in total. The van der Waals surface area contributed by atoms with E-state index in [2.05, 4.69) is 11.9 Å². The first kappa shape index (κ1) is 21.1. The molecule has 0 fully saturated rings. The molecule has 130 valence electrons. The molecule has 0 unspecified atom stereocenters. The van der Waals surface area contributed by atoms with Crippen LogP contribution in [0.3, 0.4) is 0 Å². The molecule has 0 heterocycles. The zero-order valence-corrected chi connectivity index (χ0v) is 14.8. The minimum atomic E-state index is 0.201. The van der Waals surface area contributed by atoms with Crippen LogP contribution in [0.4, 0.5) is 0 Å². The fraction of sp³-hybridized carbons (Fsp3) is 0.556. The van der Waals surface area contributed by atoms with Crippen LogP contribution in [0.1, 0.15) is 31.7 Å². The number of ether oxygens (including phenoxy) is 1. The Balaban J connectivity index is 0.00000232. The van der Waals surface area contributed by atoms with Crippen LogP contribution in [-0.4, -0.2) is 56.5 Å². The molecule has 1 aromatic carbocycles. The van der Waals surface area contributed by atoms with E-state index in [1.54, 1.807) is 20.4 Å². The first-order valence-corrected chi connectivity index (χ1v) is 7.97. The van der Waals surface area contributed by atoms with Gasteiger partial charge in [0.1, 0.15) is 5.75 Å². The van der Waals surface area contributed by atoms with Crippen LogP contribution in [-0.2, 0) is 11.2 Å². The van der Waals surface area contributed by atoms with Gasteiger partial charge in [-0.1, -0.05) is 31.5 Å². The summed E-state index contributed by atoms with van der Waals surface area (Å²) in [5.41, 5.74) is 1.13. The first-order chi connectivity index (χ1) is 11.2. The number of methoxy groups -OCH3 is 1. The number of unbranched alkanes of at least 4 members (excludes halogenated alkanes) is 1. The molecule has 0 bridgehead atoms. The molecular formula is C18H30N2O3. The molecular weight excluding hydrogens is 292 g/mol. The fourth-order valence-electron chi connectivity index (χ4n) is 2.15. The van der Waals surface area contributed by atoms with Crippen molar-refractivity contribution in [3.63, 3.8) is 0 Å². The number of hydrogen-bond donors (Lipinski definition) is 1. The minimum Gasteiger partial charge on any atom is -0.496 e. The Bertz CT molecular complexity index is 461. The lowest BCUT2D eigenvalue weighted by Gasteiger charge is -2.21. The van der Waals surface area contributed by atoms with Gasteiger partial charge in [0.2, 0.25) is 5.91 Å². The highest BCUT2D eigenvalue weighted by molar-refractivity contribution is 5.79. The number of amides is 1. The molecule has 0 saturated heterocycles. The van der Waals surface area contributed by atoms with Gasteiger partial charge in [0.25, 0.3) is 0 Å². The normalized spacial score (nSPS) is 10.1. The summed E-state index contributed by atoms with van der Waals surface area (Å²) in [6.07, 6.45) is 5.16. The summed E-state index contributed by atoms with van der Waals surface area (Å²) in [5.74, 6) is 1.08. The average Bonchev–Trinajstić information content (AvgIpc) is 2.61. The lowest BCUT2D eigenvalue weighted by atomic mass is 10.1. The second kappa shape index (κ2) is 13.8. The lowest BCUT2D eigenvalue weighted by Crippen LogP contribution is -2.34. The maximum absolute atomic E-state index is 12.2. The Morgan fingerprint density at radius 2 is 2.04 bits per heavy atom. The summed E-state index contributed by atoms with van der Waals surface area (Å²) in [6.45, 7) is 3.36. The highest BCUT2D eigenvalue weighted by atomic mass is 16.5. The SMILES string of the molecule is CCCCC(=O)N(CC=NC)CCc1ccccc1OC.CO. The number of aliphatic hydroxyl groups is 1. The standard InChI is InChI=1S/C17H26N2O2.CH4O/c1-4-5-10-17(20)19(14-12-18-2)13-11-15-8-6-7-9-16(15)21-3;1-2/h6-9,12H,4-5,10-11,13-14H2,1-3H3;2H,1H3. The summed E-state index contributed by atoms with van der Waals surface area (Å²) < 4.78 is 5.35. The van der Waals surface area contributed by atoms with Gasteiger partial charge in [-0.3, -0.25) is 9.79 Å². The zero-order chi connectivity index (χ0) is 17.5. The summed E-state index contributed by atoms with van der Waals surface area (Å²) >= 11 is 0. The van der Waals surface area contributed by atoms with Crippen molar-refractivity contribution in [1.29, 1.82) is 0 Å². The second-order valence-corrected chi connectivity index (χ2v) is 4.95. The van der Waals surface area contributed by atoms with Gasteiger partial charge in [0.05, 0.1) is 13.7 Å². The van der Waals surface area contributed by atoms with Gasteiger partial charge in [-0.25, -0.2) is 0 Å². The van der Waals surface area contributed by atoms with Crippen molar-refractivity contribution in [1.82, 2.24) is 4.90 Å². The van der Waals surface area contributed by atoms with Gasteiger partial charge in [-0.15, -0.1) is 0 Å². The number of nitrogens with zero attached hydrogens (tertiary/aromatic N) is 2. The highest BCUT2D eigenvalue weighted by Gasteiger charge is 2.12. The van der Waals surface area contributed by atoms with E-state index < -0.39 is 0 Å². The third-order valence-electron chi connectivity index (χ3n) is 3.43. The molecule has 0 aromatic heterocycles. The number of aliphatic hydroxyl groups excluding tert-OH is 1. The van der Waals surface area contributed by atoms with Crippen LogP contribution in [0.5, 0.6) is 5.75 Å². The molecule has 1 amide bonds. The van der Waals surface area contributed by atoms with Gasteiger partial charge in [0.15, 0.2) is 0 Å². The number of benzene rings is 1. The highest BCUT2D eigenvalue weighted by Crippen LogP contribution is 2.18. The van der Waals surface area contributed by atoms with Gasteiger partial charge in [0, 0.05) is 33.3 Å². The van der Waals surface area contributed by atoms with E-state index in [1.807, 2.05) is 29.2 Å². The minimum absolute atomic E-state index is 0.201. The number of rotatable bonds is 9. The smallest absolute Gasteiger partial charge is 0.222 e. The first-order valence-electron chi connectivity index (χ1n) is 7.97. The van der Waals surface area contributed by atoms with Crippen LogP contribution in [0, 0.1) is 0 Å². The van der Waals surface area contributed by atoms with Crippen molar-refractivity contribution in [2.75, 3.05) is 34.4 Å². The average molecular weight is 322 g/mol. The van der Waals surface area contributed by atoms with Gasteiger partial charge in [-0.2, -0.15) is 0 Å². The molecule has 5 heteroatoms. The quantitative estimate of drug-likeness (QED) is 0.711. The molecule has 1 aromatic rings. The second-order valence-electron chi connectivity index (χ2n) is 4.95. The van der Waals surface area contributed by atoms with Crippen molar-refractivity contribution in [2.45, 2.75) is 32.6 Å². The molecule has 0 aliphatic carbocycles. The monoisotopic (exact) mass is 322 g/mol. The third-order valence-corrected chi connectivity index (χ3v) is 3.43. The third kappa shape index (κ3) is 8.35. The van der Waals surface area contributed by atoms with E-state index in [4.69, 9.17) is 9.84 Å². The molecule has 1 rings (SSSR count). The molecule has 0 spiro atoms. The van der Waals surface area contributed by atoms with E-state index in [0.29, 0.717) is 19.5 Å². The van der Waals surface area contributed by atoms with Crippen molar-refractivity contribution >= 4 is 12.1 Å². The van der Waals surface area contributed by atoms with E-state index in [-0.39, 0.29) is 5.91 Å². The predicted octanol–water partition coefficient (Wildman–Crippen LogP) is 2.57. The summed E-state index contributed by atoms with van der Waals surface area (Å²) in [6, 6.07) is 7.94. The summed E-state index contributed by atoms with van der Waals surface area (Å²) in [4.78, 5) is 18.1. The van der Waals surface area contributed by atoms with Gasteiger partial charge >= 0.3 is 0 Å². The Labute approximate surface area is 140 Å². The predicted molar refractivity (Wildman–Crippen MR) is 95.4 cm³/mol. The lowest BCUT2D eigenvalue weighted by molar-refractivity contribution is -0.130. The Morgan fingerprint density at radius 3 is 2.65 bits per heavy atom. The van der Waals surface area contributed by atoms with Crippen LogP contribution in [0.2, 0.25) is 0 Å². The number of carbonyl (C=O) groups excluding carboxylic acids is 1. The van der Waals surface area contributed by atoms with Crippen molar-refractivity contribution in [3.8, 4) is 5.75 Å². The Morgan fingerprint density at radius 1 is 1.35 bits per heavy atom. The summed E-state index contributed by atoms with van der Waals surface area (Å²) in [5, 5.41) is 7.00. The molecule has 0 aliphatic heterocycles. The number of hydrogen-bond acceptors (Lipinski definition) is 4. The largest absolute Gasteiger partial charge is 0.496 e. The van der Waals surface area contributed by atoms with Crippen LogP contribution in [0.25, 0.3) is 0 Å². The molecule has 0 saturated carbocycles. The van der Waals surface area contributed by atoms with Gasteiger partial charge < -0.3 is 14.7 Å². The fourth-order valence-corrected chi connectivity index (χ4v) is 2.15. The number of para-hydroxylation sites is 1. The van der Waals surface area contributed by atoms with E-state index in [9.17, 15) is 4.79 Å². The van der Waals surface area contributed by atoms with Crippen molar-refractivity contribution in [3.05, 3.63) is 29.8 Å². The van der Waals surface area contributed by atoms with E-state index in [1.165, 1.54) is 0 Å². The molecule has 23 heavy (non-hydrogen) atoms. The van der Waals surface area contributed by atoms with E-state index in [0.717, 1.165) is 37.7 Å². The Kier molecular flexibility index (Phi) is 12.6. The Hall–Kier alpha value is -1.88. The molecule has 0 atom stereocenters. The van der Waals surface area contributed by atoms with Crippen LogP contribution < -0.4 is 4.74 Å². The number of carbonyl (C=O) groups is 1. The molecule has 0 radical (unpaired) electrons. The topological polar surface area (TPSA) is 62.1 Å². The van der Waals surface area contributed by atoms with E-state index >= 15 is 0 Å². The van der Waals surface area contributed by atoms with Crippen molar-refractivity contribution < 1.29 is 14.6 Å². The maximum Gasteiger partial charge on any atom is 0.222 e. The van der Waals surface area contributed by atoms with Crippen molar-refractivity contribution in [2.24, 2.45) is 4.99 Å². The van der Waals surface area contributed by atoms with Crippen LogP contribution in [0.15, 0.2) is 29.3 Å².